The van der Waals surface area contributed by atoms with Crippen molar-refractivity contribution in [2.45, 2.75) is 65.1 Å². The van der Waals surface area contributed by atoms with Gasteiger partial charge in [0.1, 0.15) is 18.4 Å². The highest BCUT2D eigenvalue weighted by Crippen LogP contribution is 2.25. The molecule has 0 saturated heterocycles. The van der Waals surface area contributed by atoms with Crippen LogP contribution in [0.25, 0.3) is 11.4 Å². The predicted octanol–water partition coefficient (Wildman–Crippen LogP) is 3.58. The molecule has 4 rings (SSSR count). The van der Waals surface area contributed by atoms with Crippen molar-refractivity contribution in [2.24, 2.45) is 0 Å². The molecule has 1 saturated carbocycles. The van der Waals surface area contributed by atoms with Crippen LogP contribution in [0.2, 0.25) is 0 Å². The van der Waals surface area contributed by atoms with Crippen molar-refractivity contribution in [3.63, 3.8) is 0 Å². The van der Waals surface area contributed by atoms with Gasteiger partial charge in [0.05, 0.1) is 0 Å². The second-order valence-electron chi connectivity index (χ2n) is 8.87. The van der Waals surface area contributed by atoms with E-state index in [1.807, 2.05) is 32.0 Å². The van der Waals surface area contributed by atoms with Gasteiger partial charge in [0.15, 0.2) is 0 Å². The highest BCUT2D eigenvalue weighted by atomic mass is 19.1. The van der Waals surface area contributed by atoms with Crippen molar-refractivity contribution >= 4 is 17.5 Å². The minimum atomic E-state index is -0.714. The number of nitrogens with zero attached hydrogens (tertiary/aromatic N) is 5. The molecule has 0 aliphatic heterocycles. The van der Waals surface area contributed by atoms with Crippen LogP contribution in [-0.2, 0) is 16.1 Å². The van der Waals surface area contributed by atoms with Crippen LogP contribution in [0.5, 0.6) is 0 Å². The molecule has 2 aromatic carbocycles. The number of benzene rings is 2. The lowest BCUT2D eigenvalue weighted by Gasteiger charge is -2.31. The molecule has 178 valence electrons. The summed E-state index contributed by atoms with van der Waals surface area (Å²) in [7, 11) is 0. The summed E-state index contributed by atoms with van der Waals surface area (Å²) in [5, 5.41) is 15.4. The summed E-state index contributed by atoms with van der Waals surface area (Å²) in [6.45, 7) is 5.41. The molecule has 0 bridgehead atoms. The molecular weight excluding hydrogens is 435 g/mol. The summed E-state index contributed by atoms with van der Waals surface area (Å²) in [5.41, 5.74) is 3.14. The van der Waals surface area contributed by atoms with Crippen molar-refractivity contribution in [1.29, 1.82) is 0 Å². The number of amides is 2. The van der Waals surface area contributed by atoms with Crippen LogP contribution in [0, 0.1) is 19.7 Å². The average Bonchev–Trinajstić information content (AvgIpc) is 3.49. The molecule has 8 nitrogen and oxygen atoms in total. The molecule has 1 aromatic heterocycles. The van der Waals surface area contributed by atoms with Crippen molar-refractivity contribution < 1.29 is 14.0 Å². The number of aromatic nitrogens is 4. The Morgan fingerprint density at radius 3 is 2.56 bits per heavy atom. The number of hydrogen-bond donors (Lipinski definition) is 1. The second-order valence-corrected chi connectivity index (χ2v) is 8.87. The van der Waals surface area contributed by atoms with Gasteiger partial charge in [-0.25, -0.2) is 4.39 Å². The average molecular weight is 465 g/mol. The fraction of sp³-hybridized carbons (Fsp3) is 0.400. The Morgan fingerprint density at radius 2 is 1.85 bits per heavy atom. The maximum absolute atomic E-state index is 13.5. The number of rotatable bonds is 7. The molecule has 2 amide bonds. The van der Waals surface area contributed by atoms with Crippen LogP contribution in [-0.4, -0.2) is 44.1 Å². The van der Waals surface area contributed by atoms with Crippen molar-refractivity contribution in [2.75, 3.05) is 4.90 Å². The Kier molecular flexibility index (Phi) is 7.00. The highest BCUT2D eigenvalue weighted by Gasteiger charge is 2.31. The van der Waals surface area contributed by atoms with Crippen LogP contribution in [0.3, 0.4) is 0 Å². The third kappa shape index (κ3) is 5.30. The van der Waals surface area contributed by atoms with Gasteiger partial charge in [0, 0.05) is 17.3 Å². The van der Waals surface area contributed by atoms with Gasteiger partial charge in [-0.15, -0.1) is 10.2 Å². The summed E-state index contributed by atoms with van der Waals surface area (Å²) >= 11 is 0. The van der Waals surface area contributed by atoms with E-state index >= 15 is 0 Å². The Labute approximate surface area is 198 Å². The van der Waals surface area contributed by atoms with E-state index in [4.69, 9.17) is 0 Å². The topological polar surface area (TPSA) is 93.0 Å². The zero-order chi connectivity index (χ0) is 24.2. The van der Waals surface area contributed by atoms with E-state index in [9.17, 15) is 14.0 Å². The number of anilines is 1. The lowest BCUT2D eigenvalue weighted by molar-refractivity contribution is -0.127. The summed E-state index contributed by atoms with van der Waals surface area (Å²) in [4.78, 5) is 29.3. The molecule has 34 heavy (non-hydrogen) atoms. The maximum atomic E-state index is 13.5. The Bertz CT molecular complexity index is 1170. The zero-order valence-corrected chi connectivity index (χ0v) is 19.7. The number of aryl methyl sites for hydroxylation is 2. The van der Waals surface area contributed by atoms with Crippen LogP contribution in [0.15, 0.2) is 42.5 Å². The number of tetrazole rings is 1. The van der Waals surface area contributed by atoms with Gasteiger partial charge in [-0.3, -0.25) is 14.5 Å². The van der Waals surface area contributed by atoms with E-state index in [0.29, 0.717) is 11.3 Å². The summed E-state index contributed by atoms with van der Waals surface area (Å²) in [6.07, 6.45) is 4.14. The number of carbonyl (C=O) groups excluding carboxylic acids is 2. The minimum absolute atomic E-state index is 0.153. The first kappa shape index (κ1) is 23.5. The SMILES string of the molecule is Cc1ccc(C)c(N(C(=O)Cn2nnc(-c3ccc(F)cc3)n2)[C@H](C)C(=O)NC2CCCC2)c1. The van der Waals surface area contributed by atoms with E-state index in [1.54, 1.807) is 19.1 Å². The van der Waals surface area contributed by atoms with Gasteiger partial charge in [0.25, 0.3) is 5.91 Å². The molecule has 3 aromatic rings. The quantitative estimate of drug-likeness (QED) is 0.577. The van der Waals surface area contributed by atoms with E-state index in [-0.39, 0.29) is 36.0 Å². The van der Waals surface area contributed by atoms with E-state index in [1.165, 1.54) is 21.8 Å². The molecule has 9 heteroatoms. The summed E-state index contributed by atoms with van der Waals surface area (Å²) in [6, 6.07) is 11.0. The number of halogens is 1. The van der Waals surface area contributed by atoms with Crippen LogP contribution in [0.4, 0.5) is 10.1 Å². The van der Waals surface area contributed by atoms with Gasteiger partial charge in [-0.2, -0.15) is 4.80 Å². The molecule has 0 unspecified atom stereocenters. The monoisotopic (exact) mass is 464 g/mol. The van der Waals surface area contributed by atoms with Crippen molar-refractivity contribution in [3.8, 4) is 11.4 Å². The number of nitrogens with one attached hydrogen (secondary N) is 1. The lowest BCUT2D eigenvalue weighted by atomic mass is 10.1. The molecule has 0 spiro atoms. The van der Waals surface area contributed by atoms with Crippen LogP contribution in [0.1, 0.15) is 43.7 Å². The smallest absolute Gasteiger partial charge is 0.251 e. The third-order valence-electron chi connectivity index (χ3n) is 6.19. The number of hydrogen-bond acceptors (Lipinski definition) is 5. The molecule has 1 atom stereocenters. The highest BCUT2D eigenvalue weighted by molar-refractivity contribution is 6.01. The maximum Gasteiger partial charge on any atom is 0.251 e. The molecule has 0 radical (unpaired) electrons. The van der Waals surface area contributed by atoms with Crippen molar-refractivity contribution in [3.05, 3.63) is 59.4 Å². The Morgan fingerprint density at radius 1 is 1.15 bits per heavy atom. The van der Waals surface area contributed by atoms with Crippen LogP contribution >= 0.6 is 0 Å². The first-order valence-corrected chi connectivity index (χ1v) is 11.6. The normalized spacial score (nSPS) is 14.7. The Hall–Kier alpha value is -3.62. The molecule has 1 aliphatic carbocycles. The van der Waals surface area contributed by atoms with E-state index in [0.717, 1.165) is 36.8 Å². The second kappa shape index (κ2) is 10.1. The summed E-state index contributed by atoms with van der Waals surface area (Å²) in [5.74, 6) is -0.580. The van der Waals surface area contributed by atoms with Gasteiger partial charge in [-0.05, 0) is 80.3 Å². The van der Waals surface area contributed by atoms with Gasteiger partial charge < -0.3 is 5.32 Å². The fourth-order valence-electron chi connectivity index (χ4n) is 4.27. The van der Waals surface area contributed by atoms with Gasteiger partial charge in [-0.1, -0.05) is 25.0 Å². The Balaban J connectivity index is 1.58. The largest absolute Gasteiger partial charge is 0.352 e. The van der Waals surface area contributed by atoms with Crippen LogP contribution < -0.4 is 10.2 Å². The molecule has 1 heterocycles. The minimum Gasteiger partial charge on any atom is -0.352 e. The predicted molar refractivity (Wildman–Crippen MR) is 126 cm³/mol. The molecule has 1 N–H and O–H groups in total. The molecular formula is C25H29FN6O2. The first-order valence-electron chi connectivity index (χ1n) is 11.6. The standard InChI is InChI=1S/C25H29FN6O2/c1-16-8-9-17(2)22(14-16)32(18(3)25(34)27-21-6-4-5-7-21)23(33)15-31-29-24(28-30-31)19-10-12-20(26)13-11-19/h8-14,18,21H,4-7,15H2,1-3H3,(H,27,34)/t18-/m1/s1. The van der Waals surface area contributed by atoms with Gasteiger partial charge >= 0.3 is 0 Å². The first-order chi connectivity index (χ1) is 16.3. The number of carbonyl (C=O) groups is 2. The molecule has 1 fully saturated rings. The van der Waals surface area contributed by atoms with Crippen molar-refractivity contribution in [1.82, 2.24) is 25.5 Å². The fourth-order valence-corrected chi connectivity index (χ4v) is 4.27. The van der Waals surface area contributed by atoms with E-state index < -0.39 is 6.04 Å². The van der Waals surface area contributed by atoms with E-state index in [2.05, 4.69) is 20.7 Å². The lowest BCUT2D eigenvalue weighted by Crippen LogP contribution is -2.51. The molecule has 1 aliphatic rings. The summed E-state index contributed by atoms with van der Waals surface area (Å²) < 4.78 is 13.2. The van der Waals surface area contributed by atoms with Gasteiger partial charge in [0.2, 0.25) is 11.7 Å². The zero-order valence-electron chi connectivity index (χ0n) is 19.7. The third-order valence-corrected chi connectivity index (χ3v) is 6.19.